The van der Waals surface area contributed by atoms with Gasteiger partial charge < -0.3 is 9.88 Å². The van der Waals surface area contributed by atoms with Gasteiger partial charge in [0.1, 0.15) is 11.6 Å². The molecule has 0 spiro atoms. The number of para-hydroxylation sites is 1. The van der Waals surface area contributed by atoms with Crippen LogP contribution in [-0.4, -0.2) is 26.3 Å². The van der Waals surface area contributed by atoms with E-state index in [0.717, 1.165) is 29.1 Å². The maximum Gasteiger partial charge on any atom is 0.291 e. The normalized spacial score (nSPS) is 13.4. The minimum Gasteiger partial charge on any atom is -0.352 e. The fourth-order valence-electron chi connectivity index (χ4n) is 4.24. The summed E-state index contributed by atoms with van der Waals surface area (Å²) < 4.78 is 3.22. The van der Waals surface area contributed by atoms with Gasteiger partial charge in [-0.25, -0.2) is 4.68 Å². The van der Waals surface area contributed by atoms with Crippen molar-refractivity contribution in [1.82, 2.24) is 19.7 Å². The van der Waals surface area contributed by atoms with E-state index in [1.165, 1.54) is 10.2 Å². The van der Waals surface area contributed by atoms with Gasteiger partial charge in [-0.05, 0) is 37.8 Å². The summed E-state index contributed by atoms with van der Waals surface area (Å²) in [5, 5.41) is 9.08. The lowest BCUT2D eigenvalue weighted by Crippen LogP contribution is -2.39. The summed E-state index contributed by atoms with van der Waals surface area (Å²) in [6.45, 7) is 4.01. The highest BCUT2D eigenvalue weighted by atomic mass is 16.2. The van der Waals surface area contributed by atoms with E-state index in [-0.39, 0.29) is 17.5 Å². The van der Waals surface area contributed by atoms with Crippen LogP contribution >= 0.6 is 0 Å². The summed E-state index contributed by atoms with van der Waals surface area (Å²) >= 11 is 0. The lowest BCUT2D eigenvalue weighted by molar-refractivity contribution is -0.124. The highest BCUT2D eigenvalue weighted by Gasteiger charge is 2.26. The number of rotatable bonds is 7. The molecule has 0 aliphatic rings. The zero-order chi connectivity index (χ0) is 22.0. The van der Waals surface area contributed by atoms with Crippen molar-refractivity contribution in [2.24, 2.45) is 7.05 Å². The van der Waals surface area contributed by atoms with Gasteiger partial charge in [0.25, 0.3) is 5.56 Å². The molecule has 0 saturated heterocycles. The van der Waals surface area contributed by atoms with Crippen LogP contribution in [-0.2, 0) is 18.3 Å². The maximum atomic E-state index is 13.3. The zero-order valence-corrected chi connectivity index (χ0v) is 18.2. The largest absolute Gasteiger partial charge is 0.352 e. The molecule has 160 valence electrons. The van der Waals surface area contributed by atoms with Crippen molar-refractivity contribution in [3.05, 3.63) is 76.7 Å². The Hall–Kier alpha value is -3.41. The van der Waals surface area contributed by atoms with Crippen molar-refractivity contribution in [2.75, 3.05) is 0 Å². The molecule has 0 aliphatic heterocycles. The highest BCUT2D eigenvalue weighted by Crippen LogP contribution is 2.30. The fourth-order valence-corrected chi connectivity index (χ4v) is 4.24. The fraction of sp³-hybridized carbons (Fsp3) is 0.320. The average molecular weight is 417 g/mol. The molecule has 31 heavy (non-hydrogen) atoms. The minimum absolute atomic E-state index is 0.0272. The molecule has 0 saturated carbocycles. The number of nitrogens with zero attached hydrogens (tertiary/aromatic N) is 3. The van der Waals surface area contributed by atoms with Crippen molar-refractivity contribution < 1.29 is 4.79 Å². The molecule has 0 bridgehead atoms. The SMILES string of the molecule is CCC(C(=O)NC(C)CCc1ccccc1)n1c2ccccc2c2cnn(C)c(=O)c21. The Kier molecular flexibility index (Phi) is 5.89. The van der Waals surface area contributed by atoms with E-state index in [1.807, 2.05) is 60.9 Å². The molecular weight excluding hydrogens is 388 g/mol. The number of nitrogens with one attached hydrogen (secondary N) is 1. The smallest absolute Gasteiger partial charge is 0.291 e. The van der Waals surface area contributed by atoms with Crippen LogP contribution in [0.2, 0.25) is 0 Å². The van der Waals surface area contributed by atoms with Crippen molar-refractivity contribution >= 4 is 27.7 Å². The molecule has 0 aliphatic carbocycles. The van der Waals surface area contributed by atoms with Gasteiger partial charge in [-0.3, -0.25) is 9.59 Å². The van der Waals surface area contributed by atoms with Gasteiger partial charge in [0.05, 0.1) is 11.7 Å². The number of carbonyl (C=O) groups is 1. The van der Waals surface area contributed by atoms with Crippen molar-refractivity contribution in [3.63, 3.8) is 0 Å². The van der Waals surface area contributed by atoms with E-state index in [9.17, 15) is 9.59 Å². The maximum absolute atomic E-state index is 13.3. The predicted octanol–water partition coefficient (Wildman–Crippen LogP) is 3.98. The van der Waals surface area contributed by atoms with Crippen molar-refractivity contribution in [1.29, 1.82) is 0 Å². The molecule has 6 nitrogen and oxygen atoms in total. The second-order valence-electron chi connectivity index (χ2n) is 8.08. The zero-order valence-electron chi connectivity index (χ0n) is 18.2. The molecule has 2 heterocycles. The summed E-state index contributed by atoms with van der Waals surface area (Å²) in [4.78, 5) is 26.3. The first-order valence-corrected chi connectivity index (χ1v) is 10.8. The second-order valence-corrected chi connectivity index (χ2v) is 8.08. The molecule has 1 amide bonds. The molecule has 2 unspecified atom stereocenters. The Labute approximate surface area is 181 Å². The Balaban J connectivity index is 1.66. The summed E-state index contributed by atoms with van der Waals surface area (Å²) in [6.07, 6.45) is 4.05. The third kappa shape index (κ3) is 3.98. The third-order valence-corrected chi connectivity index (χ3v) is 5.90. The first-order valence-electron chi connectivity index (χ1n) is 10.8. The van der Waals surface area contributed by atoms with Crippen LogP contribution in [0.5, 0.6) is 0 Å². The molecule has 0 fully saturated rings. The van der Waals surface area contributed by atoms with Crippen molar-refractivity contribution in [3.8, 4) is 0 Å². The van der Waals surface area contributed by atoms with Crippen LogP contribution in [0.15, 0.2) is 65.6 Å². The molecule has 2 aromatic carbocycles. The molecule has 4 aromatic rings. The topological polar surface area (TPSA) is 68.9 Å². The van der Waals surface area contributed by atoms with Gasteiger partial charge >= 0.3 is 0 Å². The Morgan fingerprint density at radius 3 is 2.52 bits per heavy atom. The number of aryl methyl sites for hydroxylation is 2. The van der Waals surface area contributed by atoms with Crippen LogP contribution in [0, 0.1) is 0 Å². The molecule has 4 rings (SSSR count). The van der Waals surface area contributed by atoms with E-state index in [2.05, 4.69) is 22.5 Å². The number of hydrogen-bond donors (Lipinski definition) is 1. The summed E-state index contributed by atoms with van der Waals surface area (Å²) in [5.41, 5.74) is 2.46. The van der Waals surface area contributed by atoms with Crippen LogP contribution in [0.3, 0.4) is 0 Å². The van der Waals surface area contributed by atoms with E-state index < -0.39 is 6.04 Å². The Morgan fingerprint density at radius 1 is 1.06 bits per heavy atom. The summed E-state index contributed by atoms with van der Waals surface area (Å²) in [7, 11) is 1.64. The minimum atomic E-state index is -0.475. The van der Waals surface area contributed by atoms with Gasteiger partial charge in [0.15, 0.2) is 0 Å². The molecule has 2 aromatic heterocycles. The van der Waals surface area contributed by atoms with Gasteiger partial charge in [-0.2, -0.15) is 5.10 Å². The summed E-state index contributed by atoms with van der Waals surface area (Å²) in [5.74, 6) is -0.0652. The van der Waals surface area contributed by atoms with E-state index in [4.69, 9.17) is 0 Å². The first kappa shape index (κ1) is 20.8. The molecule has 1 N–H and O–H groups in total. The van der Waals surface area contributed by atoms with Gasteiger partial charge in [0, 0.05) is 23.9 Å². The van der Waals surface area contributed by atoms with Gasteiger partial charge in [-0.15, -0.1) is 0 Å². The Bertz CT molecular complexity index is 1270. The number of carbonyl (C=O) groups excluding carboxylic acids is 1. The molecular formula is C25H28N4O2. The quantitative estimate of drug-likeness (QED) is 0.496. The lowest BCUT2D eigenvalue weighted by Gasteiger charge is -2.22. The van der Waals surface area contributed by atoms with Crippen LogP contribution in [0.4, 0.5) is 0 Å². The standard InChI is InChI=1S/C25H28N4O2/c1-4-21(24(30)27-17(2)14-15-18-10-6-5-7-11-18)29-22-13-9-8-12-19(22)20-16-26-28(3)25(31)23(20)29/h5-13,16-17,21H,4,14-15H2,1-3H3,(H,27,30). The van der Waals surface area contributed by atoms with E-state index >= 15 is 0 Å². The molecule has 0 radical (unpaired) electrons. The summed E-state index contributed by atoms with van der Waals surface area (Å²) in [6, 6.07) is 17.6. The number of amides is 1. The predicted molar refractivity (Wildman–Crippen MR) is 124 cm³/mol. The third-order valence-electron chi connectivity index (χ3n) is 5.90. The number of benzene rings is 2. The van der Waals surface area contributed by atoms with Crippen molar-refractivity contribution in [2.45, 2.75) is 45.2 Å². The van der Waals surface area contributed by atoms with E-state index in [0.29, 0.717) is 11.9 Å². The first-order chi connectivity index (χ1) is 15.0. The van der Waals surface area contributed by atoms with Crippen LogP contribution in [0.1, 0.15) is 38.3 Å². The number of hydrogen-bond acceptors (Lipinski definition) is 3. The van der Waals surface area contributed by atoms with Gasteiger partial charge in [0.2, 0.25) is 5.91 Å². The Morgan fingerprint density at radius 2 is 1.77 bits per heavy atom. The van der Waals surface area contributed by atoms with Gasteiger partial charge in [-0.1, -0.05) is 55.5 Å². The van der Waals surface area contributed by atoms with Crippen LogP contribution in [0.25, 0.3) is 21.8 Å². The van der Waals surface area contributed by atoms with E-state index in [1.54, 1.807) is 13.2 Å². The van der Waals surface area contributed by atoms with Crippen LogP contribution < -0.4 is 10.9 Å². The number of aromatic nitrogens is 3. The number of fused-ring (bicyclic) bond motifs is 3. The molecule has 2 atom stereocenters. The second kappa shape index (κ2) is 8.76. The highest BCUT2D eigenvalue weighted by molar-refractivity contribution is 6.08. The monoisotopic (exact) mass is 416 g/mol. The average Bonchev–Trinajstić information content (AvgIpc) is 3.11. The lowest BCUT2D eigenvalue weighted by atomic mass is 10.1. The molecule has 6 heteroatoms.